The number of hydrogen-bond acceptors (Lipinski definition) is 4. The number of nitrogens with one attached hydrogen (secondary N) is 1. The monoisotopic (exact) mass is 354 g/mol. The number of fused-ring (bicyclic) bond motifs is 1. The van der Waals surface area contributed by atoms with E-state index in [1.54, 1.807) is 23.1 Å². The minimum atomic E-state index is -0.151. The number of nitrogens with zero attached hydrogens (tertiary/aromatic N) is 1. The van der Waals surface area contributed by atoms with E-state index in [-0.39, 0.29) is 18.4 Å². The van der Waals surface area contributed by atoms with Gasteiger partial charge in [0.15, 0.2) is 6.61 Å². The summed E-state index contributed by atoms with van der Waals surface area (Å²) in [6.07, 6.45) is 0.701. The Hall–Kier alpha value is -3.02. The molecule has 0 aromatic heterocycles. The van der Waals surface area contributed by atoms with E-state index in [2.05, 4.69) is 5.32 Å². The van der Waals surface area contributed by atoms with Crippen LogP contribution in [0.25, 0.3) is 0 Å². The van der Waals surface area contributed by atoms with E-state index < -0.39 is 0 Å². The van der Waals surface area contributed by atoms with Crippen LogP contribution in [0.4, 0.5) is 11.4 Å². The van der Waals surface area contributed by atoms with Crippen molar-refractivity contribution in [2.24, 2.45) is 0 Å². The Morgan fingerprint density at radius 1 is 1.23 bits per heavy atom. The number of carbonyl (C=O) groups excluding carboxylic acids is 2. The van der Waals surface area contributed by atoms with Crippen molar-refractivity contribution < 1.29 is 19.1 Å². The lowest BCUT2D eigenvalue weighted by molar-refractivity contribution is -0.121. The summed E-state index contributed by atoms with van der Waals surface area (Å²) in [5.74, 6) is 1.18. The number of hydrogen-bond donors (Lipinski definition) is 1. The molecule has 2 aromatic carbocycles. The van der Waals surface area contributed by atoms with Crippen LogP contribution in [-0.4, -0.2) is 31.6 Å². The first-order valence-corrected chi connectivity index (χ1v) is 8.57. The Labute approximate surface area is 152 Å². The van der Waals surface area contributed by atoms with Crippen LogP contribution in [-0.2, 0) is 9.59 Å². The predicted octanol–water partition coefficient (Wildman–Crippen LogP) is 3.15. The van der Waals surface area contributed by atoms with Crippen LogP contribution in [0.15, 0.2) is 42.5 Å². The second-order valence-corrected chi connectivity index (χ2v) is 6.21. The molecule has 0 fully saturated rings. The van der Waals surface area contributed by atoms with Crippen molar-refractivity contribution in [2.75, 3.05) is 30.0 Å². The fourth-order valence-corrected chi connectivity index (χ4v) is 2.78. The molecule has 2 amide bonds. The number of benzene rings is 2. The highest BCUT2D eigenvalue weighted by Crippen LogP contribution is 2.34. The van der Waals surface area contributed by atoms with Gasteiger partial charge in [0.05, 0.1) is 12.3 Å². The van der Waals surface area contributed by atoms with Gasteiger partial charge in [-0.3, -0.25) is 9.59 Å². The van der Waals surface area contributed by atoms with Gasteiger partial charge < -0.3 is 19.7 Å². The van der Waals surface area contributed by atoms with Crippen molar-refractivity contribution in [1.29, 1.82) is 0 Å². The zero-order valence-electron chi connectivity index (χ0n) is 15.0. The molecular formula is C20H22N2O4. The summed E-state index contributed by atoms with van der Waals surface area (Å²) in [5.41, 5.74) is 2.55. The van der Waals surface area contributed by atoms with Gasteiger partial charge in [-0.05, 0) is 37.6 Å². The van der Waals surface area contributed by atoms with E-state index in [9.17, 15) is 9.59 Å². The average Bonchev–Trinajstić information content (AvgIpc) is 2.61. The quantitative estimate of drug-likeness (QED) is 0.809. The van der Waals surface area contributed by atoms with Gasteiger partial charge >= 0.3 is 0 Å². The number of anilines is 2. The van der Waals surface area contributed by atoms with Crippen LogP contribution in [0.5, 0.6) is 11.5 Å². The number of amides is 2. The van der Waals surface area contributed by atoms with E-state index in [0.29, 0.717) is 36.7 Å². The molecule has 0 saturated heterocycles. The van der Waals surface area contributed by atoms with Gasteiger partial charge in [0.25, 0.3) is 5.91 Å². The molecule has 1 N–H and O–H groups in total. The lowest BCUT2D eigenvalue weighted by atomic mass is 10.2. The summed E-state index contributed by atoms with van der Waals surface area (Å²) in [5, 5.41) is 2.71. The molecule has 2 aromatic rings. The first-order valence-electron chi connectivity index (χ1n) is 8.57. The van der Waals surface area contributed by atoms with Crippen molar-refractivity contribution in [1.82, 2.24) is 0 Å². The molecule has 1 aliphatic heterocycles. The highest BCUT2D eigenvalue weighted by Gasteiger charge is 2.25. The van der Waals surface area contributed by atoms with Crippen molar-refractivity contribution in [3.8, 4) is 11.5 Å². The SMILES string of the molecule is CC(=O)Nc1ccc2c(c1)OCC(=O)N2CCCOc1ccc(C)cc1. The van der Waals surface area contributed by atoms with Gasteiger partial charge in [0.1, 0.15) is 11.5 Å². The second-order valence-electron chi connectivity index (χ2n) is 6.21. The molecule has 136 valence electrons. The van der Waals surface area contributed by atoms with Crippen molar-refractivity contribution >= 4 is 23.2 Å². The van der Waals surface area contributed by atoms with Crippen LogP contribution in [0.1, 0.15) is 18.9 Å². The first kappa shape index (κ1) is 17.8. The molecule has 3 rings (SSSR count). The second kappa shape index (κ2) is 7.91. The molecule has 0 radical (unpaired) electrons. The molecule has 0 atom stereocenters. The number of carbonyl (C=O) groups is 2. The maximum atomic E-state index is 12.2. The molecule has 0 bridgehead atoms. The Morgan fingerprint density at radius 2 is 2.00 bits per heavy atom. The van der Waals surface area contributed by atoms with E-state index >= 15 is 0 Å². The zero-order valence-corrected chi connectivity index (χ0v) is 15.0. The maximum absolute atomic E-state index is 12.2. The molecule has 6 heteroatoms. The summed E-state index contributed by atoms with van der Waals surface area (Å²) in [6.45, 7) is 4.54. The van der Waals surface area contributed by atoms with Gasteiger partial charge in [0, 0.05) is 25.2 Å². The van der Waals surface area contributed by atoms with Crippen LogP contribution in [0, 0.1) is 6.92 Å². The van der Waals surface area contributed by atoms with E-state index in [1.807, 2.05) is 31.2 Å². The van der Waals surface area contributed by atoms with E-state index in [0.717, 1.165) is 5.75 Å². The van der Waals surface area contributed by atoms with Crippen molar-refractivity contribution in [3.05, 3.63) is 48.0 Å². The molecule has 1 aliphatic rings. The minimum Gasteiger partial charge on any atom is -0.494 e. The number of aryl methyl sites for hydroxylation is 1. The summed E-state index contributed by atoms with van der Waals surface area (Å²) in [7, 11) is 0. The topological polar surface area (TPSA) is 67.9 Å². The minimum absolute atomic E-state index is 0.00462. The molecule has 26 heavy (non-hydrogen) atoms. The molecule has 0 unspecified atom stereocenters. The molecule has 6 nitrogen and oxygen atoms in total. The molecule has 0 saturated carbocycles. The lowest BCUT2D eigenvalue weighted by Gasteiger charge is -2.29. The lowest BCUT2D eigenvalue weighted by Crippen LogP contribution is -2.39. The fourth-order valence-electron chi connectivity index (χ4n) is 2.78. The smallest absolute Gasteiger partial charge is 0.265 e. The van der Waals surface area contributed by atoms with Gasteiger partial charge in [-0.1, -0.05) is 17.7 Å². The first-order chi connectivity index (χ1) is 12.5. The average molecular weight is 354 g/mol. The fraction of sp³-hybridized carbons (Fsp3) is 0.300. The Morgan fingerprint density at radius 3 is 2.73 bits per heavy atom. The Kier molecular flexibility index (Phi) is 5.41. The number of ether oxygens (including phenoxy) is 2. The van der Waals surface area contributed by atoms with Gasteiger partial charge in [0.2, 0.25) is 5.91 Å². The highest BCUT2D eigenvalue weighted by molar-refractivity contribution is 5.98. The summed E-state index contributed by atoms with van der Waals surface area (Å²) >= 11 is 0. The van der Waals surface area contributed by atoms with Gasteiger partial charge in [-0.15, -0.1) is 0 Å². The molecular weight excluding hydrogens is 332 g/mol. The van der Waals surface area contributed by atoms with Crippen LogP contribution >= 0.6 is 0 Å². The third-order valence-electron chi connectivity index (χ3n) is 4.04. The van der Waals surface area contributed by atoms with Crippen LogP contribution in [0.2, 0.25) is 0 Å². The summed E-state index contributed by atoms with van der Waals surface area (Å²) in [4.78, 5) is 25.1. The van der Waals surface area contributed by atoms with Crippen molar-refractivity contribution in [3.63, 3.8) is 0 Å². The Balaban J connectivity index is 1.60. The number of rotatable bonds is 6. The van der Waals surface area contributed by atoms with Crippen molar-refractivity contribution in [2.45, 2.75) is 20.3 Å². The van der Waals surface area contributed by atoms with Crippen LogP contribution in [0.3, 0.4) is 0 Å². The van der Waals surface area contributed by atoms with Gasteiger partial charge in [-0.2, -0.15) is 0 Å². The third kappa shape index (κ3) is 4.33. The Bertz CT molecular complexity index is 802. The molecule has 0 aliphatic carbocycles. The molecule has 0 spiro atoms. The van der Waals surface area contributed by atoms with Gasteiger partial charge in [-0.25, -0.2) is 0 Å². The predicted molar refractivity (Wildman–Crippen MR) is 99.9 cm³/mol. The standard InChI is InChI=1S/C20H22N2O4/c1-14-4-7-17(8-5-14)25-11-3-10-22-18-9-6-16(21-15(2)23)12-19(18)26-13-20(22)24/h4-9,12H,3,10-11,13H2,1-2H3,(H,21,23). The largest absolute Gasteiger partial charge is 0.494 e. The summed E-state index contributed by atoms with van der Waals surface area (Å²) < 4.78 is 11.2. The summed E-state index contributed by atoms with van der Waals surface area (Å²) in [6, 6.07) is 13.2. The van der Waals surface area contributed by atoms with Crippen LogP contribution < -0.4 is 19.7 Å². The third-order valence-corrected chi connectivity index (χ3v) is 4.04. The highest BCUT2D eigenvalue weighted by atomic mass is 16.5. The maximum Gasteiger partial charge on any atom is 0.265 e. The normalized spacial score (nSPS) is 13.0. The zero-order chi connectivity index (χ0) is 18.5. The van der Waals surface area contributed by atoms with E-state index in [1.165, 1.54) is 12.5 Å². The molecule has 1 heterocycles. The van der Waals surface area contributed by atoms with E-state index in [4.69, 9.17) is 9.47 Å².